The first-order valence-corrected chi connectivity index (χ1v) is 4.79. The van der Waals surface area contributed by atoms with Crippen LogP contribution in [0.4, 0.5) is 14.7 Å². The number of aromatic nitrogens is 2. The molecule has 1 rings (SSSR count). The van der Waals surface area contributed by atoms with Gasteiger partial charge in [0.05, 0.1) is 6.61 Å². The molecule has 1 aromatic rings. The van der Waals surface area contributed by atoms with E-state index in [1.807, 2.05) is 0 Å². The van der Waals surface area contributed by atoms with E-state index < -0.39 is 6.61 Å². The molecular formula is C8H10ClF2N3O2. The summed E-state index contributed by atoms with van der Waals surface area (Å²) in [6, 6.07) is 0. The second kappa shape index (κ2) is 5.64. The zero-order chi connectivity index (χ0) is 12.1. The summed E-state index contributed by atoms with van der Waals surface area (Å²) in [5.41, 5.74) is 0. The number of hydrogen-bond acceptors (Lipinski definition) is 5. The van der Waals surface area contributed by atoms with E-state index in [0.717, 1.165) is 0 Å². The highest BCUT2D eigenvalue weighted by atomic mass is 35.5. The van der Waals surface area contributed by atoms with Gasteiger partial charge in [-0.15, -0.1) is 0 Å². The van der Waals surface area contributed by atoms with Gasteiger partial charge in [0.2, 0.25) is 11.7 Å². The lowest BCUT2D eigenvalue weighted by atomic mass is 10.5. The molecule has 0 spiro atoms. The van der Waals surface area contributed by atoms with Crippen LogP contribution in [-0.2, 0) is 0 Å². The van der Waals surface area contributed by atoms with Crippen molar-refractivity contribution in [2.45, 2.75) is 13.5 Å². The smallest absolute Gasteiger partial charge is 0.387 e. The summed E-state index contributed by atoms with van der Waals surface area (Å²) in [6.07, 6.45) is 0. The summed E-state index contributed by atoms with van der Waals surface area (Å²) in [5, 5.41) is 2.38. The number of nitrogens with one attached hydrogen (secondary N) is 1. The van der Waals surface area contributed by atoms with Crippen molar-refractivity contribution in [1.29, 1.82) is 0 Å². The van der Waals surface area contributed by atoms with Crippen LogP contribution in [0.3, 0.4) is 0 Å². The number of halogens is 3. The lowest BCUT2D eigenvalue weighted by Gasteiger charge is -2.12. The van der Waals surface area contributed by atoms with E-state index in [0.29, 0.717) is 0 Å². The summed E-state index contributed by atoms with van der Waals surface area (Å²) in [5.74, 6) is -0.320. The zero-order valence-electron chi connectivity index (χ0n) is 8.63. The van der Waals surface area contributed by atoms with Gasteiger partial charge in [-0.2, -0.15) is 18.7 Å². The Labute approximate surface area is 95.7 Å². The number of nitrogens with zero attached hydrogens (tertiary/aromatic N) is 2. The third-order valence-corrected chi connectivity index (χ3v) is 1.76. The third kappa shape index (κ3) is 3.06. The minimum atomic E-state index is -3.01. The molecule has 1 N–H and O–H groups in total. The molecule has 0 aliphatic carbocycles. The first-order valence-electron chi connectivity index (χ1n) is 4.41. The molecule has 0 unspecified atom stereocenters. The van der Waals surface area contributed by atoms with Crippen molar-refractivity contribution in [3.8, 4) is 11.6 Å². The van der Waals surface area contributed by atoms with Crippen LogP contribution in [0.2, 0.25) is 5.15 Å². The number of rotatable bonds is 5. The van der Waals surface area contributed by atoms with Crippen molar-refractivity contribution >= 4 is 17.5 Å². The third-order valence-electron chi connectivity index (χ3n) is 1.50. The number of hydrogen-bond donors (Lipinski definition) is 1. The molecule has 16 heavy (non-hydrogen) atoms. The van der Waals surface area contributed by atoms with E-state index in [1.54, 1.807) is 14.0 Å². The predicted octanol–water partition coefficient (Wildman–Crippen LogP) is 2.17. The number of anilines is 1. The molecule has 0 aliphatic rings. The van der Waals surface area contributed by atoms with E-state index in [-0.39, 0.29) is 29.3 Å². The van der Waals surface area contributed by atoms with Crippen molar-refractivity contribution in [2.24, 2.45) is 0 Å². The Hall–Kier alpha value is -1.37. The topological polar surface area (TPSA) is 56.3 Å². The molecule has 0 aromatic carbocycles. The molecule has 0 amide bonds. The van der Waals surface area contributed by atoms with Gasteiger partial charge in [-0.05, 0) is 6.92 Å². The fourth-order valence-electron chi connectivity index (χ4n) is 0.938. The molecule has 0 fully saturated rings. The van der Waals surface area contributed by atoms with E-state index in [1.165, 1.54) is 0 Å². The fraction of sp³-hybridized carbons (Fsp3) is 0.500. The maximum atomic E-state index is 12.1. The molecule has 0 saturated carbocycles. The van der Waals surface area contributed by atoms with Crippen LogP contribution in [0, 0.1) is 0 Å². The van der Waals surface area contributed by atoms with Crippen molar-refractivity contribution in [1.82, 2.24) is 9.97 Å². The molecule has 90 valence electrons. The Balaban J connectivity index is 3.11. The summed E-state index contributed by atoms with van der Waals surface area (Å²) in [4.78, 5) is 7.50. The lowest BCUT2D eigenvalue weighted by molar-refractivity contribution is -0.0520. The Bertz CT molecular complexity index is 365. The SMILES string of the molecule is CCOc1nc(NC)nc(Cl)c1OC(F)F. The highest BCUT2D eigenvalue weighted by Gasteiger charge is 2.19. The van der Waals surface area contributed by atoms with E-state index in [9.17, 15) is 8.78 Å². The Morgan fingerprint density at radius 1 is 1.44 bits per heavy atom. The Kier molecular flexibility index (Phi) is 4.48. The lowest BCUT2D eigenvalue weighted by Crippen LogP contribution is -2.09. The second-order valence-corrected chi connectivity index (χ2v) is 2.89. The fourth-order valence-corrected chi connectivity index (χ4v) is 1.14. The normalized spacial score (nSPS) is 10.4. The molecule has 0 bridgehead atoms. The van der Waals surface area contributed by atoms with Crippen molar-refractivity contribution in [3.63, 3.8) is 0 Å². The number of alkyl halides is 2. The van der Waals surface area contributed by atoms with Crippen LogP contribution in [0.5, 0.6) is 11.6 Å². The summed E-state index contributed by atoms with van der Waals surface area (Å²) in [7, 11) is 1.56. The zero-order valence-corrected chi connectivity index (χ0v) is 9.39. The van der Waals surface area contributed by atoms with Gasteiger partial charge in [0.25, 0.3) is 5.88 Å². The summed E-state index contributed by atoms with van der Waals surface area (Å²) in [6.45, 7) is -1.09. The minimum Gasteiger partial charge on any atom is -0.475 e. The van der Waals surface area contributed by atoms with Gasteiger partial charge in [-0.3, -0.25) is 0 Å². The van der Waals surface area contributed by atoms with Crippen LogP contribution in [0.15, 0.2) is 0 Å². The van der Waals surface area contributed by atoms with Gasteiger partial charge in [0.15, 0.2) is 5.15 Å². The maximum absolute atomic E-state index is 12.1. The van der Waals surface area contributed by atoms with Gasteiger partial charge in [0, 0.05) is 7.05 Å². The first-order chi connectivity index (χ1) is 7.58. The van der Waals surface area contributed by atoms with Crippen LogP contribution in [0.1, 0.15) is 6.92 Å². The van der Waals surface area contributed by atoms with Crippen molar-refractivity contribution < 1.29 is 18.3 Å². The highest BCUT2D eigenvalue weighted by molar-refractivity contribution is 6.31. The van der Waals surface area contributed by atoms with Gasteiger partial charge < -0.3 is 14.8 Å². The van der Waals surface area contributed by atoms with Crippen LogP contribution in [0.25, 0.3) is 0 Å². The molecule has 8 heteroatoms. The maximum Gasteiger partial charge on any atom is 0.387 e. The van der Waals surface area contributed by atoms with Crippen LogP contribution >= 0.6 is 11.6 Å². The van der Waals surface area contributed by atoms with E-state index in [2.05, 4.69) is 20.0 Å². The quantitative estimate of drug-likeness (QED) is 0.815. The van der Waals surface area contributed by atoms with Gasteiger partial charge in [-0.1, -0.05) is 11.6 Å². The van der Waals surface area contributed by atoms with Crippen LogP contribution < -0.4 is 14.8 Å². The molecule has 1 heterocycles. The average molecular weight is 254 g/mol. The van der Waals surface area contributed by atoms with E-state index in [4.69, 9.17) is 16.3 Å². The van der Waals surface area contributed by atoms with E-state index >= 15 is 0 Å². The molecule has 0 aliphatic heterocycles. The predicted molar refractivity (Wildman–Crippen MR) is 54.4 cm³/mol. The van der Waals surface area contributed by atoms with Crippen molar-refractivity contribution in [2.75, 3.05) is 19.0 Å². The standard InChI is InChI=1S/C8H10ClF2N3O2/c1-3-15-6-4(16-7(10)11)5(9)13-8(12-2)14-6/h7H,3H2,1-2H3,(H,12,13,14). The van der Waals surface area contributed by atoms with Crippen LogP contribution in [-0.4, -0.2) is 30.2 Å². The molecule has 0 radical (unpaired) electrons. The second-order valence-electron chi connectivity index (χ2n) is 2.53. The molecular weight excluding hydrogens is 244 g/mol. The summed E-state index contributed by atoms with van der Waals surface area (Å²) < 4.78 is 33.4. The number of ether oxygens (including phenoxy) is 2. The summed E-state index contributed by atoms with van der Waals surface area (Å²) >= 11 is 5.66. The largest absolute Gasteiger partial charge is 0.475 e. The molecule has 1 aromatic heterocycles. The minimum absolute atomic E-state index is 0.118. The van der Waals surface area contributed by atoms with Gasteiger partial charge in [0.1, 0.15) is 0 Å². The molecule has 0 saturated heterocycles. The van der Waals surface area contributed by atoms with Gasteiger partial charge >= 0.3 is 6.61 Å². The Morgan fingerprint density at radius 2 is 2.12 bits per heavy atom. The highest BCUT2D eigenvalue weighted by Crippen LogP contribution is 2.34. The monoisotopic (exact) mass is 253 g/mol. The van der Waals surface area contributed by atoms with Crippen molar-refractivity contribution in [3.05, 3.63) is 5.15 Å². The van der Waals surface area contributed by atoms with Gasteiger partial charge in [-0.25, -0.2) is 0 Å². The molecule has 5 nitrogen and oxygen atoms in total. The Morgan fingerprint density at radius 3 is 2.62 bits per heavy atom. The average Bonchev–Trinajstić information content (AvgIpc) is 2.22. The first kappa shape index (κ1) is 12.7. The molecule has 0 atom stereocenters.